The van der Waals surface area contributed by atoms with E-state index in [1.165, 1.54) is 16.0 Å². The van der Waals surface area contributed by atoms with Crippen LogP contribution in [0.4, 0.5) is 34.1 Å². The van der Waals surface area contributed by atoms with E-state index in [2.05, 4.69) is 45.9 Å². The van der Waals surface area contributed by atoms with Gasteiger partial charge in [-0.05, 0) is 157 Å². The summed E-state index contributed by atoms with van der Waals surface area (Å²) in [7, 11) is 3.24. The van der Waals surface area contributed by atoms with Crippen molar-refractivity contribution in [2.45, 2.75) is 125 Å². The molecule has 0 aliphatic carbocycles. The van der Waals surface area contributed by atoms with Crippen molar-refractivity contribution in [3.8, 4) is 73.5 Å². The molecule has 0 bridgehead atoms. The minimum absolute atomic E-state index is 0.0335. The molecule has 0 radical (unpaired) electrons. The maximum Gasteiger partial charge on any atom is 0.255 e. The zero-order valence-electron chi connectivity index (χ0n) is 78.4. The number of rotatable bonds is 18. The van der Waals surface area contributed by atoms with E-state index in [0.717, 1.165) is 84.6 Å². The van der Waals surface area contributed by atoms with Crippen LogP contribution in [0.25, 0.3) is 62.0 Å². The average Bonchev–Trinajstić information content (AvgIpc) is 1.75. The Kier molecular flexibility index (Phi) is 33.4. The van der Waals surface area contributed by atoms with Crippen molar-refractivity contribution in [3.05, 3.63) is 323 Å². The van der Waals surface area contributed by atoms with Gasteiger partial charge in [-0.1, -0.05) is 215 Å². The lowest BCUT2D eigenvalue weighted by Crippen LogP contribution is -2.20. The second-order valence-electron chi connectivity index (χ2n) is 37.3. The van der Waals surface area contributed by atoms with Gasteiger partial charge in [0.15, 0.2) is 39.7 Å². The summed E-state index contributed by atoms with van der Waals surface area (Å²) in [6.45, 7) is 34.1. The molecule has 0 aliphatic heterocycles. The molecule has 10 N–H and O–H groups in total. The molecule has 24 nitrogen and oxygen atoms in total. The minimum Gasteiger partial charge on any atom is -0.497 e. The second-order valence-corrected chi connectivity index (χ2v) is 38.1. The van der Waals surface area contributed by atoms with E-state index in [9.17, 15) is 38.4 Å². The Morgan fingerprint density at radius 3 is 1.12 bits per heavy atom. The van der Waals surface area contributed by atoms with Gasteiger partial charge in [-0.25, -0.2) is 9.67 Å². The molecule has 2 amide bonds. The van der Waals surface area contributed by atoms with Crippen LogP contribution in [0.3, 0.4) is 0 Å². The smallest absolute Gasteiger partial charge is 0.255 e. The number of nitrogens with one attached hydrogen (secondary N) is 2. The summed E-state index contributed by atoms with van der Waals surface area (Å²) in [5, 5.41) is 16.0. The number of anilines is 6. The van der Waals surface area contributed by atoms with Crippen LogP contribution >= 0.6 is 11.3 Å². The van der Waals surface area contributed by atoms with Crippen LogP contribution in [-0.2, 0) is 0 Å². The first-order valence-electron chi connectivity index (χ1n) is 42.6. The van der Waals surface area contributed by atoms with Gasteiger partial charge < -0.3 is 43.0 Å². The summed E-state index contributed by atoms with van der Waals surface area (Å²) in [5.41, 5.74) is 37.9. The van der Waals surface area contributed by atoms with Crippen molar-refractivity contribution in [2.24, 2.45) is 32.5 Å². The molecule has 0 fully saturated rings. The van der Waals surface area contributed by atoms with Crippen molar-refractivity contribution in [2.75, 3.05) is 47.8 Å². The minimum atomic E-state index is -0.517. The first kappa shape index (κ1) is 101. The molecular weight excluding hydrogens is 1670 g/mol. The topological polar surface area (TPSA) is 378 Å². The average molecular weight is 1790 g/mol. The fourth-order valence-corrected chi connectivity index (χ4v) is 13.3. The van der Waals surface area contributed by atoms with Gasteiger partial charge in [0.2, 0.25) is 0 Å². The van der Waals surface area contributed by atoms with Crippen molar-refractivity contribution >= 4 is 92.0 Å². The highest BCUT2D eigenvalue weighted by molar-refractivity contribution is 7.12. The molecule has 6 heterocycles. The van der Waals surface area contributed by atoms with E-state index in [0.29, 0.717) is 67.1 Å². The molecule has 0 atom stereocenters. The molecule has 6 aromatic heterocycles. The maximum absolute atomic E-state index is 12.3. The number of hydrogen-bond acceptors (Lipinski definition) is 22. The highest BCUT2D eigenvalue weighted by atomic mass is 32.1. The van der Waals surface area contributed by atoms with E-state index in [1.807, 2.05) is 276 Å². The number of amides is 2. The van der Waals surface area contributed by atoms with E-state index < -0.39 is 16.2 Å². The number of ketones is 6. The highest BCUT2D eigenvalue weighted by Gasteiger charge is 2.30. The molecule has 8 aromatic carbocycles. The third-order valence-electron chi connectivity index (χ3n) is 19.9. The fraction of sp³-hybridized carbons (Fsp3) is 0.243. The van der Waals surface area contributed by atoms with Gasteiger partial charge in [-0.3, -0.25) is 58.3 Å². The van der Waals surface area contributed by atoms with Gasteiger partial charge in [-0.15, -0.1) is 16.4 Å². The number of carbonyl (C=O) groups excluding carboxylic acids is 8. The number of benzene rings is 8. The van der Waals surface area contributed by atoms with Crippen molar-refractivity contribution in [3.63, 3.8) is 0 Å². The van der Waals surface area contributed by atoms with E-state index >= 15 is 0 Å². The summed E-state index contributed by atoms with van der Waals surface area (Å²) in [6.07, 6.45) is 8.22. The zero-order chi connectivity index (χ0) is 96.8. The molecule has 14 rings (SSSR count). The molecule has 25 heteroatoms. The largest absolute Gasteiger partial charge is 0.497 e. The van der Waals surface area contributed by atoms with Gasteiger partial charge in [0.25, 0.3) is 11.8 Å². The third kappa shape index (κ3) is 28.9. The summed E-state index contributed by atoms with van der Waals surface area (Å²) in [5.74, 6) is 1.52. The SMILES string of the molecule is CC(C)(C)C(=O)c1ccc(-c2cccc(N)c2)cc1.CC(C)(C)C(=O)c1ccc(-c2cccc(N)c2)nc1.CC(C)(C)C(=O)c1cn(-c2ccc(NC(=O)c3ccc(N)cc3)cc2)nn1.CC(C)(C)C(=O)c1nc(-c2ccc(NC(=O)c3ccc(N)cc3)cc2)cs1.COc1ccnc(-c2ccc(C(=O)C(C)(C)C)cc2)c1.COc1ccnc(-c2ccc(C(=O)C(C)(C)C)cn2)c1. The molecule has 0 saturated carbocycles. The van der Waals surface area contributed by atoms with Crippen LogP contribution in [-0.4, -0.2) is 101 Å². The lowest BCUT2D eigenvalue weighted by molar-refractivity contribution is 0.0847. The first-order valence-corrected chi connectivity index (χ1v) is 43.5. The predicted octanol–water partition coefficient (Wildman–Crippen LogP) is 23.3. The van der Waals surface area contributed by atoms with Gasteiger partial charge in [-0.2, -0.15) is 0 Å². The van der Waals surface area contributed by atoms with Crippen molar-refractivity contribution in [1.29, 1.82) is 0 Å². The van der Waals surface area contributed by atoms with Crippen LogP contribution in [0.1, 0.15) is 207 Å². The van der Waals surface area contributed by atoms with E-state index in [-0.39, 0.29) is 62.8 Å². The summed E-state index contributed by atoms with van der Waals surface area (Å²) < 4.78 is 11.9. The quantitative estimate of drug-likeness (QED) is 0.0343. The number of pyridine rings is 4. The number of Topliss-reactive ketones (excluding diaryl/α,β-unsaturated/α-hetero) is 6. The monoisotopic (exact) mass is 1790 g/mol. The number of nitrogens with zero attached hydrogens (tertiary/aromatic N) is 8. The Labute approximate surface area is 776 Å². The maximum atomic E-state index is 12.3. The van der Waals surface area contributed by atoms with Crippen molar-refractivity contribution < 1.29 is 47.8 Å². The number of aromatic nitrogens is 8. The lowest BCUT2D eigenvalue weighted by atomic mass is 9.86. The number of carbonyl (C=O) groups is 8. The highest BCUT2D eigenvalue weighted by Crippen LogP contribution is 2.33. The Morgan fingerprint density at radius 1 is 0.326 bits per heavy atom. The van der Waals surface area contributed by atoms with Gasteiger partial charge in [0, 0.05) is 159 Å². The number of thiazole rings is 1. The standard InChI is InChI=1S/C21H21N3O2S.C20H21N5O2.C17H19NO2.C17H19NO.C16H18N2O2.C16H18N2O/c1-21(2,3)18(25)20-24-17(12-27-20)13-6-10-16(11-7-13)23-19(26)14-4-8-15(22)9-5-14;1-20(2,3)18(26)17-12-25(24-23-17)16-10-8-15(9-11-16)22-19(27)13-4-6-14(21)7-5-13;1-17(2,3)16(19)13-7-5-12(6-8-13)15-11-14(20-4)9-10-18-15;1-17(2,3)16(19)13-9-7-12(8-10-13)14-5-4-6-15(18)11-14;1-16(2,3)15(19)11-5-6-13(18-10-11)14-9-12(20-4)7-8-17-14;1-16(2,3)15(19)12-7-8-14(18-10-12)11-5-4-6-13(17)9-11/h4-12H,22H2,1-3H3,(H,23,26);4-12H,21H2,1-3H3,(H,22,27);5-11H,1-4H3;4-11H,18H2,1-3H3;5-10H,1-4H3;4-10H,17H2,1-3H3. The molecule has 0 unspecified atom stereocenters. The van der Waals surface area contributed by atoms with E-state index in [4.69, 9.17) is 32.4 Å². The van der Waals surface area contributed by atoms with Crippen molar-refractivity contribution in [1.82, 2.24) is 39.9 Å². The second kappa shape index (κ2) is 43.8. The van der Waals surface area contributed by atoms with Crippen LogP contribution in [0.5, 0.6) is 11.5 Å². The third-order valence-corrected chi connectivity index (χ3v) is 20.8. The van der Waals surface area contributed by atoms with Crippen LogP contribution in [0, 0.1) is 32.5 Å². The molecule has 14 aromatic rings. The zero-order valence-corrected chi connectivity index (χ0v) is 79.3. The Bertz CT molecular complexity index is 5940. The van der Waals surface area contributed by atoms with E-state index in [1.54, 1.807) is 142 Å². The first-order chi connectivity index (χ1) is 62.1. The number of hydrogen-bond donors (Lipinski definition) is 6. The van der Waals surface area contributed by atoms with Gasteiger partial charge in [0.05, 0.1) is 54.6 Å². The Hall–Kier alpha value is -15.1. The molecule has 680 valence electrons. The molecule has 0 spiro atoms. The number of ether oxygens (including phenoxy) is 2. The summed E-state index contributed by atoms with van der Waals surface area (Å²) >= 11 is 1.35. The summed E-state index contributed by atoms with van der Waals surface area (Å²) in [4.78, 5) is 119. The van der Waals surface area contributed by atoms with Gasteiger partial charge >= 0.3 is 0 Å². The number of nitrogens with two attached hydrogens (primary N) is 4. The van der Waals surface area contributed by atoms with Gasteiger partial charge in [0.1, 0.15) is 17.2 Å². The fourth-order valence-electron chi connectivity index (χ4n) is 12.3. The Balaban J connectivity index is 0.000000179. The molecule has 0 aliphatic rings. The normalized spacial score (nSPS) is 11.2. The molecular formula is C107H116N14O10S. The number of nitrogen functional groups attached to an aromatic ring is 4. The predicted molar refractivity (Wildman–Crippen MR) is 530 cm³/mol. The summed E-state index contributed by atoms with van der Waals surface area (Å²) in [6, 6.07) is 73.0. The van der Waals surface area contributed by atoms with Crippen LogP contribution in [0.2, 0.25) is 0 Å². The number of methoxy groups -OCH3 is 2. The lowest BCUT2D eigenvalue weighted by Gasteiger charge is -2.16. The van der Waals surface area contributed by atoms with Crippen LogP contribution in [0.15, 0.2) is 279 Å². The molecule has 132 heavy (non-hydrogen) atoms. The molecule has 0 saturated heterocycles. The van der Waals surface area contributed by atoms with Crippen LogP contribution < -0.4 is 43.0 Å². The Morgan fingerprint density at radius 2 is 0.697 bits per heavy atom.